The summed E-state index contributed by atoms with van der Waals surface area (Å²) in [4.78, 5) is 6.10. The minimum Gasteiger partial charge on any atom is -0.309 e. The maximum atomic E-state index is 3.93. The van der Waals surface area contributed by atoms with Crippen molar-refractivity contribution in [3.05, 3.63) is 284 Å². The van der Waals surface area contributed by atoms with E-state index in [9.17, 15) is 0 Å². The van der Waals surface area contributed by atoms with Crippen molar-refractivity contribution in [2.75, 3.05) is 9.80 Å². The van der Waals surface area contributed by atoms with Gasteiger partial charge in [0.05, 0.1) is 53.9 Å². The minimum atomic E-state index is 1.11. The highest BCUT2D eigenvalue weighted by Crippen LogP contribution is 2.49. The molecule has 0 aliphatic carbocycles. The highest BCUT2D eigenvalue weighted by Gasteiger charge is 2.25. The van der Waals surface area contributed by atoms with Gasteiger partial charge in [-0.3, -0.25) is 0 Å². The first kappa shape index (κ1) is 48.1. The first-order valence-corrected chi connectivity index (χ1v) is 30.6. The van der Waals surface area contributed by atoms with Crippen LogP contribution in [0.5, 0.6) is 0 Å². The number of para-hydroxylation sites is 4. The lowest BCUT2D eigenvalue weighted by Crippen LogP contribution is -2.09. The third-order valence-corrected chi connectivity index (χ3v) is 20.3. The van der Waals surface area contributed by atoms with Crippen LogP contribution in [-0.2, 0) is 0 Å². The molecule has 0 amide bonds. The first-order chi connectivity index (χ1) is 42.0. The molecule has 6 aromatic heterocycles. The van der Waals surface area contributed by atoms with Crippen LogP contribution < -0.4 is 9.80 Å². The highest BCUT2D eigenvalue weighted by molar-refractivity contribution is 7.26. The van der Waals surface area contributed by atoms with Crippen molar-refractivity contribution in [3.8, 4) is 22.3 Å². The van der Waals surface area contributed by atoms with Gasteiger partial charge >= 0.3 is 0 Å². The van der Waals surface area contributed by atoms with Gasteiger partial charge in [-0.05, 0) is 126 Å². The number of aromatic nitrogens is 2. The number of hydrogen-bond acceptors (Lipinski definition) is 4. The van der Waals surface area contributed by atoms with Crippen LogP contribution in [0.25, 0.3) is 135 Å². The van der Waals surface area contributed by atoms with Gasteiger partial charge in [0, 0.05) is 91.6 Å². The molecule has 0 spiro atoms. The highest BCUT2D eigenvalue weighted by atomic mass is 32.1. The Labute approximate surface area is 497 Å². The van der Waals surface area contributed by atoms with Crippen LogP contribution in [-0.4, -0.2) is 8.80 Å². The lowest BCUT2D eigenvalue weighted by atomic mass is 10.0. The summed E-state index contributed by atoms with van der Waals surface area (Å²) in [5.41, 5.74) is 20.3. The van der Waals surface area contributed by atoms with Crippen molar-refractivity contribution in [1.82, 2.24) is 8.80 Å². The number of nitrogens with zero attached hydrogens (tertiary/aromatic N) is 4. The monoisotopic (exact) mass is 1120 g/mol. The zero-order chi connectivity index (χ0) is 56.0. The second-order valence-corrected chi connectivity index (χ2v) is 24.7. The van der Waals surface area contributed by atoms with Gasteiger partial charge in [-0.1, -0.05) is 189 Å². The van der Waals surface area contributed by atoms with E-state index in [1.807, 2.05) is 34.8 Å². The molecule has 398 valence electrons. The molecule has 0 fully saturated rings. The van der Waals surface area contributed by atoms with Crippen LogP contribution in [0.4, 0.5) is 34.1 Å². The summed E-state index contributed by atoms with van der Waals surface area (Å²) in [7, 11) is 0. The molecule has 18 aromatic rings. The summed E-state index contributed by atoms with van der Waals surface area (Å²) in [5, 5.41) is 14.0. The van der Waals surface area contributed by atoms with Crippen molar-refractivity contribution in [3.63, 3.8) is 0 Å². The third kappa shape index (κ3) is 7.07. The molecule has 0 N–H and O–H groups in total. The maximum absolute atomic E-state index is 3.93. The molecule has 0 saturated heterocycles. The number of hydrogen-bond donors (Lipinski definition) is 0. The Morgan fingerprint density at radius 3 is 1.28 bits per heavy atom. The van der Waals surface area contributed by atoms with Gasteiger partial charge in [-0.25, -0.2) is 0 Å². The minimum absolute atomic E-state index is 1.11. The molecule has 85 heavy (non-hydrogen) atoms. The third-order valence-electron chi connectivity index (χ3n) is 17.9. The Morgan fingerprint density at radius 1 is 0.341 bits per heavy atom. The molecular weight excluding hydrogens is 1070 g/mol. The van der Waals surface area contributed by atoms with Crippen LogP contribution in [0.2, 0.25) is 0 Å². The standard InChI is InChI=1S/C79H50N4S2/c1-3-4-21-57-48(2)84-78-65(57)27-15-29-69(78)80(53-17-7-5-8-18-53)55-38-32-49(33-39-55)51-36-42-58-61-23-13-25-63-67-47-74-68(46-73(67)82(76(61)63)71(58)44-51)64-26-14-24-62-59-43-37-52(45-72(59)83(74)77(62)64)50-34-40-56(41-35-50)81(54-19-9-6-10-20-54)70-30-16-28-66-60-22-11-12-31-75(60)85-79(66)70/h3-47H,1H2,2H3/b21-4-. The van der Waals surface area contributed by atoms with E-state index in [0.717, 1.165) is 22.7 Å². The number of allylic oxidation sites excluding steroid dienone is 2. The zero-order valence-electron chi connectivity index (χ0n) is 46.3. The summed E-state index contributed by atoms with van der Waals surface area (Å²) in [6, 6.07) is 94.8. The van der Waals surface area contributed by atoms with Crippen molar-refractivity contribution in [2.45, 2.75) is 6.92 Å². The predicted molar refractivity (Wildman–Crippen MR) is 368 cm³/mol. The van der Waals surface area contributed by atoms with E-state index in [0.29, 0.717) is 0 Å². The second kappa shape index (κ2) is 18.5. The quantitative estimate of drug-likeness (QED) is 0.127. The molecule has 0 aliphatic heterocycles. The average molecular weight is 1120 g/mol. The van der Waals surface area contributed by atoms with Gasteiger partial charge in [-0.2, -0.15) is 0 Å². The SMILES string of the molecule is C=C/C=C\c1c(C)sc2c(N(c3ccccc3)c3ccc(-c4ccc5c6cccc7c8cc9c(cc8n(c5c4)c67)c4cccc5c6ccc(-c7ccc(N(c8ccccc8)c8cccc%10c8sc8ccccc8%10)cc7)cc6n9c54)cc3)cccc12. The smallest absolute Gasteiger partial charge is 0.0640 e. The van der Waals surface area contributed by atoms with E-state index in [4.69, 9.17) is 0 Å². The fraction of sp³-hybridized carbons (Fsp3) is 0.0127. The summed E-state index contributed by atoms with van der Waals surface area (Å²) in [6.45, 7) is 6.15. The predicted octanol–water partition coefficient (Wildman–Crippen LogP) is 23.4. The van der Waals surface area contributed by atoms with Crippen molar-refractivity contribution in [2.24, 2.45) is 0 Å². The van der Waals surface area contributed by atoms with Gasteiger partial charge < -0.3 is 18.6 Å². The van der Waals surface area contributed by atoms with Crippen molar-refractivity contribution in [1.29, 1.82) is 0 Å². The Bertz CT molecular complexity index is 5740. The van der Waals surface area contributed by atoms with E-state index in [2.05, 4.69) is 293 Å². The van der Waals surface area contributed by atoms with E-state index < -0.39 is 0 Å². The summed E-state index contributed by atoms with van der Waals surface area (Å²) >= 11 is 3.72. The summed E-state index contributed by atoms with van der Waals surface area (Å²) in [5.74, 6) is 0. The zero-order valence-corrected chi connectivity index (χ0v) is 47.9. The molecule has 0 bridgehead atoms. The average Bonchev–Trinajstić information content (AvgIpc) is 2.24. The van der Waals surface area contributed by atoms with Crippen LogP contribution >= 0.6 is 22.7 Å². The number of thiophene rings is 2. The van der Waals surface area contributed by atoms with Crippen molar-refractivity contribution < 1.29 is 0 Å². The van der Waals surface area contributed by atoms with Gasteiger partial charge in [0.1, 0.15) is 0 Å². The number of fused-ring (bicyclic) bond motifs is 16. The van der Waals surface area contributed by atoms with Crippen LogP contribution in [0.1, 0.15) is 10.4 Å². The lowest BCUT2D eigenvalue weighted by Gasteiger charge is -2.26. The molecule has 12 aromatic carbocycles. The van der Waals surface area contributed by atoms with Gasteiger partial charge in [0.25, 0.3) is 0 Å². The first-order valence-electron chi connectivity index (χ1n) is 29.0. The molecule has 6 heteroatoms. The molecule has 0 saturated carbocycles. The normalized spacial score (nSPS) is 12.3. The van der Waals surface area contributed by atoms with Crippen LogP contribution in [0.3, 0.4) is 0 Å². The van der Waals surface area contributed by atoms with E-state index in [1.54, 1.807) is 0 Å². The summed E-state index contributed by atoms with van der Waals surface area (Å²) < 4.78 is 8.94. The number of benzene rings is 12. The topological polar surface area (TPSA) is 15.3 Å². The van der Waals surface area contributed by atoms with Crippen molar-refractivity contribution >= 4 is 169 Å². The Morgan fingerprint density at radius 2 is 0.753 bits per heavy atom. The van der Waals surface area contributed by atoms with Crippen LogP contribution in [0, 0.1) is 6.92 Å². The fourth-order valence-corrected chi connectivity index (χ4v) is 16.5. The van der Waals surface area contributed by atoms with E-state index in [1.165, 1.54) is 151 Å². The van der Waals surface area contributed by atoms with Crippen LogP contribution in [0.15, 0.2) is 274 Å². The largest absolute Gasteiger partial charge is 0.309 e. The van der Waals surface area contributed by atoms with Gasteiger partial charge in [0.2, 0.25) is 0 Å². The molecule has 0 aliphatic rings. The van der Waals surface area contributed by atoms with E-state index >= 15 is 0 Å². The van der Waals surface area contributed by atoms with E-state index in [-0.39, 0.29) is 0 Å². The molecule has 0 radical (unpaired) electrons. The number of anilines is 6. The molecule has 0 atom stereocenters. The number of aryl methyl sites for hydroxylation is 1. The second-order valence-electron chi connectivity index (χ2n) is 22.4. The molecule has 4 nitrogen and oxygen atoms in total. The molecule has 0 unspecified atom stereocenters. The Hall–Kier alpha value is -10.5. The maximum Gasteiger partial charge on any atom is 0.0640 e. The number of rotatable bonds is 10. The summed E-state index contributed by atoms with van der Waals surface area (Å²) in [6.07, 6.45) is 6.06. The Kier molecular flexibility index (Phi) is 10.5. The Balaban J connectivity index is 0.744. The molecular formula is C79H50N4S2. The van der Waals surface area contributed by atoms with Gasteiger partial charge in [0.15, 0.2) is 0 Å². The molecule has 6 heterocycles. The lowest BCUT2D eigenvalue weighted by molar-refractivity contribution is 1.30. The fourth-order valence-electron chi connectivity index (χ4n) is 14.1. The van der Waals surface area contributed by atoms with Gasteiger partial charge in [-0.15, -0.1) is 22.7 Å². The molecule has 18 rings (SSSR count).